The molecule has 0 bridgehead atoms. The lowest BCUT2D eigenvalue weighted by Crippen LogP contribution is -2.47. The minimum Gasteiger partial charge on any atom is -0.373 e. The summed E-state index contributed by atoms with van der Waals surface area (Å²) < 4.78 is 6.32. The van der Waals surface area contributed by atoms with Gasteiger partial charge >= 0.3 is 0 Å². The molecule has 2 aliphatic heterocycles. The predicted molar refractivity (Wildman–Crippen MR) is 66.7 cm³/mol. The first-order chi connectivity index (χ1) is 7.64. The van der Waals surface area contributed by atoms with Crippen LogP contribution >= 0.6 is 0 Å². The lowest BCUT2D eigenvalue weighted by Gasteiger charge is -2.37. The Kier molecular flexibility index (Phi) is 3.88. The second-order valence-electron chi connectivity index (χ2n) is 5.60. The average Bonchev–Trinajstić information content (AvgIpc) is 2.56. The molecule has 0 aromatic carbocycles. The van der Waals surface area contributed by atoms with E-state index in [1.165, 1.54) is 25.8 Å². The van der Waals surface area contributed by atoms with E-state index in [9.17, 15) is 0 Å². The molecular weight excluding hydrogens is 200 g/mol. The van der Waals surface area contributed by atoms with Crippen LogP contribution in [0.1, 0.15) is 40.0 Å². The van der Waals surface area contributed by atoms with Crippen LogP contribution in [0.3, 0.4) is 0 Å². The summed E-state index contributed by atoms with van der Waals surface area (Å²) in [6.07, 6.45) is 4.47. The molecule has 1 atom stereocenters. The summed E-state index contributed by atoms with van der Waals surface area (Å²) in [4.78, 5) is 2.54. The number of ether oxygens (including phenoxy) is 1. The van der Waals surface area contributed by atoms with Crippen LogP contribution < -0.4 is 5.32 Å². The Morgan fingerprint density at radius 1 is 1.25 bits per heavy atom. The average molecular weight is 226 g/mol. The Morgan fingerprint density at radius 2 is 1.94 bits per heavy atom. The highest BCUT2D eigenvalue weighted by Crippen LogP contribution is 2.32. The lowest BCUT2D eigenvalue weighted by molar-refractivity contribution is -0.0654. The summed E-state index contributed by atoms with van der Waals surface area (Å²) >= 11 is 0. The molecule has 2 saturated heterocycles. The van der Waals surface area contributed by atoms with Gasteiger partial charge in [0.2, 0.25) is 0 Å². The summed E-state index contributed by atoms with van der Waals surface area (Å²) in [5, 5.41) is 3.39. The maximum atomic E-state index is 6.32. The quantitative estimate of drug-likeness (QED) is 0.791. The molecule has 3 heteroatoms. The topological polar surface area (TPSA) is 24.5 Å². The lowest BCUT2D eigenvalue weighted by atomic mass is 9.97. The molecule has 94 valence electrons. The first kappa shape index (κ1) is 12.3. The molecule has 0 aromatic rings. The fourth-order valence-electron chi connectivity index (χ4n) is 3.08. The zero-order valence-electron chi connectivity index (χ0n) is 11.0. The van der Waals surface area contributed by atoms with E-state index < -0.39 is 0 Å². The number of nitrogens with zero attached hydrogens (tertiary/aromatic N) is 1. The molecule has 2 fully saturated rings. The van der Waals surface area contributed by atoms with Gasteiger partial charge in [-0.2, -0.15) is 0 Å². The minimum atomic E-state index is 0.222. The largest absolute Gasteiger partial charge is 0.373 e. The monoisotopic (exact) mass is 226 g/mol. The van der Waals surface area contributed by atoms with Crippen LogP contribution in [0, 0.1) is 0 Å². The second kappa shape index (κ2) is 5.03. The van der Waals surface area contributed by atoms with E-state index in [4.69, 9.17) is 4.74 Å². The summed E-state index contributed by atoms with van der Waals surface area (Å²) in [5.41, 5.74) is 0.222. The van der Waals surface area contributed by atoms with Gasteiger partial charge in [-0.1, -0.05) is 6.92 Å². The van der Waals surface area contributed by atoms with Crippen LogP contribution in [0.2, 0.25) is 0 Å². The molecular formula is C13H26N2O. The van der Waals surface area contributed by atoms with Gasteiger partial charge in [-0.05, 0) is 52.7 Å². The third kappa shape index (κ3) is 2.41. The molecule has 0 amide bonds. The summed E-state index contributed by atoms with van der Waals surface area (Å²) in [5.74, 6) is 0. The van der Waals surface area contributed by atoms with Crippen LogP contribution in [0.5, 0.6) is 0 Å². The molecule has 3 nitrogen and oxygen atoms in total. The Morgan fingerprint density at radius 3 is 2.50 bits per heavy atom. The third-order valence-electron chi connectivity index (χ3n) is 4.29. The van der Waals surface area contributed by atoms with Gasteiger partial charge in [0.05, 0.1) is 12.2 Å². The van der Waals surface area contributed by atoms with Crippen molar-refractivity contribution in [1.29, 1.82) is 0 Å². The van der Waals surface area contributed by atoms with Gasteiger partial charge in [0.1, 0.15) is 0 Å². The molecule has 16 heavy (non-hydrogen) atoms. The van der Waals surface area contributed by atoms with Crippen LogP contribution in [0.25, 0.3) is 0 Å². The summed E-state index contributed by atoms with van der Waals surface area (Å²) in [6, 6.07) is 0. The zero-order valence-corrected chi connectivity index (χ0v) is 11.0. The van der Waals surface area contributed by atoms with E-state index >= 15 is 0 Å². The Bertz CT molecular complexity index is 224. The highest BCUT2D eigenvalue weighted by molar-refractivity contribution is 4.96. The maximum Gasteiger partial charge on any atom is 0.0769 e. The van der Waals surface area contributed by atoms with Crippen molar-refractivity contribution in [3.63, 3.8) is 0 Å². The molecule has 1 unspecified atom stereocenters. The molecule has 0 spiro atoms. The smallest absolute Gasteiger partial charge is 0.0769 e. The van der Waals surface area contributed by atoms with E-state index in [-0.39, 0.29) is 5.54 Å². The molecule has 0 saturated carbocycles. The number of hydrogen-bond donors (Lipinski definition) is 1. The summed E-state index contributed by atoms with van der Waals surface area (Å²) in [7, 11) is 0. The first-order valence-electron chi connectivity index (χ1n) is 6.76. The Balaban J connectivity index is 1.89. The van der Waals surface area contributed by atoms with Crippen molar-refractivity contribution in [2.45, 2.75) is 57.8 Å². The number of likely N-dealkylation sites (tertiary alicyclic amines) is 1. The fraction of sp³-hybridized carbons (Fsp3) is 1.00. The SMILES string of the molecule is CCN1CCC(OC2CCNCC2)C1(C)C. The van der Waals surface area contributed by atoms with Crippen LogP contribution in [-0.4, -0.2) is 48.8 Å². The molecule has 2 aliphatic rings. The van der Waals surface area contributed by atoms with Gasteiger partial charge in [-0.3, -0.25) is 4.90 Å². The van der Waals surface area contributed by atoms with Crippen LogP contribution in [0.4, 0.5) is 0 Å². The van der Waals surface area contributed by atoms with E-state index in [2.05, 4.69) is 31.0 Å². The number of nitrogens with one attached hydrogen (secondary N) is 1. The minimum absolute atomic E-state index is 0.222. The van der Waals surface area contributed by atoms with Crippen molar-refractivity contribution in [2.24, 2.45) is 0 Å². The number of hydrogen-bond acceptors (Lipinski definition) is 3. The van der Waals surface area contributed by atoms with Crippen molar-refractivity contribution in [3.05, 3.63) is 0 Å². The van der Waals surface area contributed by atoms with Gasteiger partial charge < -0.3 is 10.1 Å². The molecule has 1 N–H and O–H groups in total. The van der Waals surface area contributed by atoms with Crippen LogP contribution in [0.15, 0.2) is 0 Å². The van der Waals surface area contributed by atoms with E-state index in [1.54, 1.807) is 0 Å². The van der Waals surface area contributed by atoms with Gasteiger partial charge in [0.25, 0.3) is 0 Å². The molecule has 2 rings (SSSR count). The van der Waals surface area contributed by atoms with Crippen molar-refractivity contribution in [2.75, 3.05) is 26.2 Å². The van der Waals surface area contributed by atoms with E-state index in [0.29, 0.717) is 12.2 Å². The zero-order chi connectivity index (χ0) is 11.6. The number of piperidine rings is 1. The second-order valence-corrected chi connectivity index (χ2v) is 5.60. The van der Waals surface area contributed by atoms with E-state index in [0.717, 1.165) is 19.6 Å². The fourth-order valence-corrected chi connectivity index (χ4v) is 3.08. The first-order valence-corrected chi connectivity index (χ1v) is 6.76. The van der Waals surface area contributed by atoms with Crippen molar-refractivity contribution in [3.8, 4) is 0 Å². The van der Waals surface area contributed by atoms with Gasteiger partial charge in [-0.25, -0.2) is 0 Å². The maximum absolute atomic E-state index is 6.32. The standard InChI is InChI=1S/C13H26N2O/c1-4-15-10-7-12(13(15,2)3)16-11-5-8-14-9-6-11/h11-12,14H,4-10H2,1-3H3. The third-order valence-corrected chi connectivity index (χ3v) is 4.29. The van der Waals surface area contributed by atoms with Crippen molar-refractivity contribution >= 4 is 0 Å². The van der Waals surface area contributed by atoms with Crippen molar-refractivity contribution < 1.29 is 4.74 Å². The Labute approximate surface area is 99.5 Å². The number of rotatable bonds is 3. The van der Waals surface area contributed by atoms with Crippen molar-refractivity contribution in [1.82, 2.24) is 10.2 Å². The normalized spacial score (nSPS) is 32.1. The predicted octanol–water partition coefficient (Wildman–Crippen LogP) is 1.63. The molecule has 0 aliphatic carbocycles. The van der Waals surface area contributed by atoms with Crippen LogP contribution in [-0.2, 0) is 4.74 Å². The number of likely N-dealkylation sites (N-methyl/N-ethyl adjacent to an activating group) is 1. The summed E-state index contributed by atoms with van der Waals surface area (Å²) in [6.45, 7) is 11.5. The highest BCUT2D eigenvalue weighted by Gasteiger charge is 2.42. The molecule has 0 aromatic heterocycles. The van der Waals surface area contributed by atoms with Gasteiger partial charge in [0.15, 0.2) is 0 Å². The molecule has 0 radical (unpaired) electrons. The Hall–Kier alpha value is -0.120. The van der Waals surface area contributed by atoms with Gasteiger partial charge in [-0.15, -0.1) is 0 Å². The molecule has 2 heterocycles. The van der Waals surface area contributed by atoms with Gasteiger partial charge in [0, 0.05) is 12.1 Å². The highest BCUT2D eigenvalue weighted by atomic mass is 16.5. The van der Waals surface area contributed by atoms with E-state index in [1.807, 2.05) is 0 Å².